The van der Waals surface area contributed by atoms with E-state index in [0.29, 0.717) is 29.6 Å². The van der Waals surface area contributed by atoms with Crippen LogP contribution in [0.15, 0.2) is 54.7 Å². The third-order valence-electron chi connectivity index (χ3n) is 4.39. The number of carbonyl (C=O) groups excluding carboxylic acids is 1. The van der Waals surface area contributed by atoms with E-state index < -0.39 is 0 Å². The zero-order chi connectivity index (χ0) is 20.1. The highest BCUT2D eigenvalue weighted by atomic mass is 16.5. The predicted molar refractivity (Wildman–Crippen MR) is 111 cm³/mol. The van der Waals surface area contributed by atoms with E-state index in [1.165, 1.54) is 11.8 Å². The Balaban J connectivity index is 1.98. The van der Waals surface area contributed by atoms with Gasteiger partial charge in [-0.3, -0.25) is 4.79 Å². The van der Waals surface area contributed by atoms with Crippen molar-refractivity contribution in [1.82, 2.24) is 15.3 Å². The topological polar surface area (TPSA) is 64.1 Å². The second kappa shape index (κ2) is 8.65. The number of amides is 1. The number of hydrogen-bond donors (Lipinski definition) is 1. The zero-order valence-electron chi connectivity index (χ0n) is 16.7. The standard InChI is InChI=1S/C23H25N3O2/c1-15(2)13-25-22(27)20-14-24-21(18-8-6-5-7-9-18)26-23(20)28-19-11-10-16(3)17(4)12-19/h5-12,14-15H,13H2,1-4H3,(H,25,27). The van der Waals surface area contributed by atoms with E-state index in [2.05, 4.69) is 15.3 Å². The molecule has 3 aromatic rings. The van der Waals surface area contributed by atoms with Crippen LogP contribution in [0.3, 0.4) is 0 Å². The molecule has 3 rings (SSSR count). The van der Waals surface area contributed by atoms with Crippen LogP contribution >= 0.6 is 0 Å². The number of nitrogens with zero attached hydrogens (tertiary/aromatic N) is 2. The first-order valence-electron chi connectivity index (χ1n) is 9.40. The first-order valence-corrected chi connectivity index (χ1v) is 9.40. The minimum absolute atomic E-state index is 0.243. The summed E-state index contributed by atoms with van der Waals surface area (Å²) in [6.45, 7) is 8.72. The summed E-state index contributed by atoms with van der Waals surface area (Å²) in [5, 5.41) is 2.91. The summed E-state index contributed by atoms with van der Waals surface area (Å²) in [7, 11) is 0. The molecule has 0 aliphatic rings. The number of rotatable bonds is 6. The van der Waals surface area contributed by atoms with Gasteiger partial charge >= 0.3 is 0 Å². The Labute approximate surface area is 165 Å². The third-order valence-corrected chi connectivity index (χ3v) is 4.39. The Morgan fingerprint density at radius 2 is 1.82 bits per heavy atom. The fourth-order valence-electron chi connectivity index (χ4n) is 2.61. The molecule has 0 radical (unpaired) electrons. The van der Waals surface area contributed by atoms with Gasteiger partial charge in [0.15, 0.2) is 5.82 Å². The fourth-order valence-corrected chi connectivity index (χ4v) is 2.61. The Morgan fingerprint density at radius 3 is 2.50 bits per heavy atom. The SMILES string of the molecule is Cc1ccc(Oc2nc(-c3ccccc3)ncc2C(=O)NCC(C)C)cc1C. The lowest BCUT2D eigenvalue weighted by atomic mass is 10.1. The maximum Gasteiger partial charge on any atom is 0.258 e. The number of benzene rings is 2. The average molecular weight is 375 g/mol. The molecule has 0 unspecified atom stereocenters. The van der Waals surface area contributed by atoms with Gasteiger partial charge < -0.3 is 10.1 Å². The van der Waals surface area contributed by atoms with Gasteiger partial charge in [0.25, 0.3) is 5.91 Å². The quantitative estimate of drug-likeness (QED) is 0.663. The van der Waals surface area contributed by atoms with Crippen molar-refractivity contribution in [1.29, 1.82) is 0 Å². The molecular formula is C23H25N3O2. The van der Waals surface area contributed by atoms with Crippen molar-refractivity contribution >= 4 is 5.91 Å². The first-order chi connectivity index (χ1) is 13.4. The molecular weight excluding hydrogens is 350 g/mol. The number of ether oxygens (including phenoxy) is 1. The first kappa shape index (κ1) is 19.5. The molecule has 0 aliphatic carbocycles. The number of aromatic nitrogens is 2. The molecule has 5 nitrogen and oxygen atoms in total. The smallest absolute Gasteiger partial charge is 0.258 e. The summed E-state index contributed by atoms with van der Waals surface area (Å²) in [5.74, 6) is 1.50. The van der Waals surface area contributed by atoms with Crippen LogP contribution in [0.2, 0.25) is 0 Å². The van der Waals surface area contributed by atoms with Gasteiger partial charge in [-0.1, -0.05) is 50.2 Å². The zero-order valence-corrected chi connectivity index (χ0v) is 16.7. The number of hydrogen-bond acceptors (Lipinski definition) is 4. The molecule has 0 fully saturated rings. The largest absolute Gasteiger partial charge is 0.438 e. The van der Waals surface area contributed by atoms with Crippen molar-refractivity contribution in [2.75, 3.05) is 6.54 Å². The van der Waals surface area contributed by atoms with Crippen LogP contribution in [0.4, 0.5) is 0 Å². The van der Waals surface area contributed by atoms with Crippen molar-refractivity contribution < 1.29 is 9.53 Å². The molecule has 2 aromatic carbocycles. The Morgan fingerprint density at radius 1 is 1.07 bits per heavy atom. The van der Waals surface area contributed by atoms with Gasteiger partial charge in [0.2, 0.25) is 5.88 Å². The molecule has 5 heteroatoms. The van der Waals surface area contributed by atoms with E-state index in [1.807, 2.05) is 76.2 Å². The summed E-state index contributed by atoms with van der Waals surface area (Å²) in [4.78, 5) is 21.6. The van der Waals surface area contributed by atoms with Crippen molar-refractivity contribution in [3.8, 4) is 23.0 Å². The van der Waals surface area contributed by atoms with Crippen LogP contribution < -0.4 is 10.1 Å². The highest BCUT2D eigenvalue weighted by molar-refractivity contribution is 5.96. The maximum absolute atomic E-state index is 12.7. The molecule has 28 heavy (non-hydrogen) atoms. The van der Waals surface area contributed by atoms with E-state index in [4.69, 9.17) is 4.74 Å². The van der Waals surface area contributed by atoms with Crippen molar-refractivity contribution in [3.05, 3.63) is 71.4 Å². The lowest BCUT2D eigenvalue weighted by Crippen LogP contribution is -2.28. The average Bonchev–Trinajstić information content (AvgIpc) is 2.69. The maximum atomic E-state index is 12.7. The number of nitrogens with one attached hydrogen (secondary N) is 1. The van der Waals surface area contributed by atoms with Crippen LogP contribution in [0, 0.1) is 19.8 Å². The Hall–Kier alpha value is -3.21. The minimum Gasteiger partial charge on any atom is -0.438 e. The van der Waals surface area contributed by atoms with E-state index >= 15 is 0 Å². The molecule has 0 saturated carbocycles. The Kier molecular flexibility index (Phi) is 6.04. The van der Waals surface area contributed by atoms with Gasteiger partial charge in [0.05, 0.1) is 0 Å². The lowest BCUT2D eigenvalue weighted by Gasteiger charge is -2.13. The third kappa shape index (κ3) is 4.74. The summed E-state index contributed by atoms with van der Waals surface area (Å²) < 4.78 is 6.02. The fraction of sp³-hybridized carbons (Fsp3) is 0.261. The van der Waals surface area contributed by atoms with Crippen molar-refractivity contribution in [3.63, 3.8) is 0 Å². The summed E-state index contributed by atoms with van der Waals surface area (Å²) >= 11 is 0. The van der Waals surface area contributed by atoms with Crippen LogP contribution in [-0.4, -0.2) is 22.4 Å². The summed E-state index contributed by atoms with van der Waals surface area (Å²) in [5.41, 5.74) is 3.47. The van der Waals surface area contributed by atoms with Crippen LogP contribution in [0.1, 0.15) is 35.3 Å². The van der Waals surface area contributed by atoms with Gasteiger partial charge in [-0.15, -0.1) is 0 Å². The second-order valence-corrected chi connectivity index (χ2v) is 7.23. The second-order valence-electron chi connectivity index (χ2n) is 7.23. The molecule has 1 amide bonds. The van der Waals surface area contributed by atoms with Crippen LogP contribution in [0.25, 0.3) is 11.4 Å². The van der Waals surface area contributed by atoms with E-state index in [9.17, 15) is 4.79 Å². The van der Waals surface area contributed by atoms with E-state index in [-0.39, 0.29) is 11.8 Å². The molecule has 144 valence electrons. The highest BCUT2D eigenvalue weighted by Gasteiger charge is 2.18. The molecule has 0 saturated heterocycles. The normalized spacial score (nSPS) is 10.8. The van der Waals surface area contributed by atoms with Crippen LogP contribution in [-0.2, 0) is 0 Å². The monoisotopic (exact) mass is 375 g/mol. The van der Waals surface area contributed by atoms with Gasteiger partial charge in [0, 0.05) is 18.3 Å². The van der Waals surface area contributed by atoms with Crippen LogP contribution in [0.5, 0.6) is 11.6 Å². The van der Waals surface area contributed by atoms with Gasteiger partial charge in [-0.25, -0.2) is 4.98 Å². The number of aryl methyl sites for hydroxylation is 2. The molecule has 1 N–H and O–H groups in total. The lowest BCUT2D eigenvalue weighted by molar-refractivity contribution is 0.0945. The predicted octanol–water partition coefficient (Wildman–Crippen LogP) is 4.94. The molecule has 0 atom stereocenters. The van der Waals surface area contributed by atoms with Crippen molar-refractivity contribution in [2.45, 2.75) is 27.7 Å². The number of carbonyl (C=O) groups is 1. The molecule has 0 spiro atoms. The molecule has 1 heterocycles. The Bertz CT molecular complexity index is 969. The van der Waals surface area contributed by atoms with Crippen molar-refractivity contribution in [2.24, 2.45) is 5.92 Å². The molecule has 0 aliphatic heterocycles. The highest BCUT2D eigenvalue weighted by Crippen LogP contribution is 2.27. The summed E-state index contributed by atoms with van der Waals surface area (Å²) in [6, 6.07) is 15.4. The minimum atomic E-state index is -0.243. The van der Waals surface area contributed by atoms with E-state index in [1.54, 1.807) is 0 Å². The van der Waals surface area contributed by atoms with E-state index in [0.717, 1.165) is 11.1 Å². The van der Waals surface area contributed by atoms with Gasteiger partial charge in [-0.2, -0.15) is 4.98 Å². The van der Waals surface area contributed by atoms with Gasteiger partial charge in [0.1, 0.15) is 11.3 Å². The van der Waals surface area contributed by atoms with Gasteiger partial charge in [-0.05, 0) is 43.0 Å². The molecule has 0 bridgehead atoms. The molecule has 1 aromatic heterocycles. The summed E-state index contributed by atoms with van der Waals surface area (Å²) in [6.07, 6.45) is 1.53.